The molecular weight excluding hydrogens is 247 g/mol. The number of rotatable bonds is 0. The van der Waals surface area contributed by atoms with Gasteiger partial charge < -0.3 is 0 Å². The van der Waals surface area contributed by atoms with Gasteiger partial charge in [-0.3, -0.25) is 0 Å². The Balaban J connectivity index is 0.000000810. The van der Waals surface area contributed by atoms with Crippen molar-refractivity contribution in [2.45, 2.75) is 20.8 Å². The van der Waals surface area contributed by atoms with Crippen molar-refractivity contribution in [1.82, 2.24) is 0 Å². The molecule has 0 aliphatic carbocycles. The van der Waals surface area contributed by atoms with E-state index >= 15 is 0 Å². The van der Waals surface area contributed by atoms with Gasteiger partial charge in [0.25, 0.3) is 0 Å². The van der Waals surface area contributed by atoms with Gasteiger partial charge in [0.1, 0.15) is 0 Å². The zero-order chi connectivity index (χ0) is 6.85. The maximum atomic E-state index is 3.14. The molecule has 1 aromatic carbocycles. The fourth-order valence-corrected chi connectivity index (χ4v) is 0.816. The van der Waals surface area contributed by atoms with E-state index in [9.17, 15) is 0 Å². The van der Waals surface area contributed by atoms with E-state index in [1.165, 1.54) is 16.7 Å². The molecule has 0 heterocycles. The first-order chi connectivity index (χ1) is 4.20. The van der Waals surface area contributed by atoms with Gasteiger partial charge in [0, 0.05) is 35.6 Å². The Morgan fingerprint density at radius 1 is 1.10 bits per heavy atom. The van der Waals surface area contributed by atoms with Crippen LogP contribution in [0.5, 0.6) is 0 Å². The average molecular weight is 258 g/mol. The van der Waals surface area contributed by atoms with Gasteiger partial charge in [0.2, 0.25) is 0 Å². The Bertz CT molecular complexity index is 216. The van der Waals surface area contributed by atoms with E-state index in [0.717, 1.165) is 0 Å². The first-order valence-corrected chi connectivity index (χ1v) is 3.15. The summed E-state index contributed by atoms with van der Waals surface area (Å²) in [6.45, 7) is 6.29. The van der Waals surface area contributed by atoms with Crippen LogP contribution in [-0.4, -0.2) is 0 Å². The number of hydrogen-bond acceptors (Lipinski definition) is 0. The van der Waals surface area contributed by atoms with E-state index in [4.69, 9.17) is 0 Å². The summed E-state index contributed by atoms with van der Waals surface area (Å²) in [5.41, 5.74) is 3.89. The molecular formula is C9H11La-. The van der Waals surface area contributed by atoms with Crippen LogP contribution in [-0.2, 0) is 0 Å². The third-order valence-corrected chi connectivity index (χ3v) is 1.57. The third kappa shape index (κ3) is 2.57. The normalized spacial score (nSPS) is 8.70. The second kappa shape index (κ2) is 4.33. The molecule has 1 aromatic rings. The van der Waals surface area contributed by atoms with Gasteiger partial charge in [-0.1, -0.05) is 20.8 Å². The van der Waals surface area contributed by atoms with Crippen molar-refractivity contribution in [3.8, 4) is 0 Å². The minimum atomic E-state index is 0. The van der Waals surface area contributed by atoms with Gasteiger partial charge in [-0.2, -0.15) is 34.9 Å². The summed E-state index contributed by atoms with van der Waals surface area (Å²) in [5, 5.41) is 0. The number of aryl methyl sites for hydroxylation is 3. The average Bonchev–Trinajstić information content (AvgIpc) is 1.80. The van der Waals surface area contributed by atoms with Gasteiger partial charge in [0.05, 0.1) is 0 Å². The maximum Gasteiger partial charge on any atom is 0 e. The van der Waals surface area contributed by atoms with Crippen molar-refractivity contribution < 1.29 is 35.6 Å². The van der Waals surface area contributed by atoms with E-state index in [1.54, 1.807) is 0 Å². The van der Waals surface area contributed by atoms with E-state index in [-0.39, 0.29) is 35.6 Å². The van der Waals surface area contributed by atoms with E-state index in [1.807, 2.05) is 6.07 Å². The number of benzene rings is 1. The fraction of sp³-hybridized carbons (Fsp3) is 0.333. The number of hydrogen-bond donors (Lipinski definition) is 0. The molecule has 0 spiro atoms. The van der Waals surface area contributed by atoms with Crippen LogP contribution in [0.15, 0.2) is 12.1 Å². The molecule has 1 radical (unpaired) electrons. The summed E-state index contributed by atoms with van der Waals surface area (Å²) in [6, 6.07) is 7.32. The molecule has 0 saturated heterocycles. The minimum absolute atomic E-state index is 0. The van der Waals surface area contributed by atoms with Crippen molar-refractivity contribution in [1.29, 1.82) is 0 Å². The fourth-order valence-electron chi connectivity index (χ4n) is 0.816. The monoisotopic (exact) mass is 258 g/mol. The van der Waals surface area contributed by atoms with Crippen LogP contribution in [0.4, 0.5) is 0 Å². The van der Waals surface area contributed by atoms with E-state index in [0.29, 0.717) is 0 Å². The Labute approximate surface area is 90.6 Å². The molecule has 0 N–H and O–H groups in total. The quantitative estimate of drug-likeness (QED) is 0.627. The van der Waals surface area contributed by atoms with Crippen LogP contribution in [0.3, 0.4) is 0 Å². The zero-order valence-corrected chi connectivity index (χ0v) is 10.4. The van der Waals surface area contributed by atoms with Gasteiger partial charge in [0.15, 0.2) is 0 Å². The third-order valence-electron chi connectivity index (χ3n) is 1.57. The molecule has 0 unspecified atom stereocenters. The standard InChI is InChI=1S/C9H11.La/c1-7-4-5-8(2)9(3)6-7;/h5-6H,1-3H3;/q-1;. The molecule has 1 rings (SSSR count). The van der Waals surface area contributed by atoms with Crippen molar-refractivity contribution >= 4 is 0 Å². The molecule has 0 saturated carbocycles. The van der Waals surface area contributed by atoms with Gasteiger partial charge in [-0.15, -0.1) is 0 Å². The van der Waals surface area contributed by atoms with Gasteiger partial charge in [-0.25, -0.2) is 0 Å². The van der Waals surface area contributed by atoms with Gasteiger partial charge >= 0.3 is 0 Å². The van der Waals surface area contributed by atoms with Crippen LogP contribution in [0.1, 0.15) is 16.7 Å². The second-order valence-electron chi connectivity index (χ2n) is 2.48. The topological polar surface area (TPSA) is 0 Å². The van der Waals surface area contributed by atoms with E-state index in [2.05, 4.69) is 32.9 Å². The Kier molecular flexibility index (Phi) is 4.50. The van der Waals surface area contributed by atoms with Crippen molar-refractivity contribution in [2.75, 3.05) is 0 Å². The molecule has 1 heteroatoms. The summed E-state index contributed by atoms with van der Waals surface area (Å²) in [5.74, 6) is 0. The molecule has 0 bridgehead atoms. The molecule has 0 nitrogen and oxygen atoms in total. The Hall–Kier alpha value is 0.415. The molecule has 0 aromatic heterocycles. The first-order valence-electron chi connectivity index (χ1n) is 3.15. The summed E-state index contributed by atoms with van der Waals surface area (Å²) >= 11 is 0. The largest absolute Gasteiger partial charge is 0.180 e. The Morgan fingerprint density at radius 3 is 2.10 bits per heavy atom. The maximum absolute atomic E-state index is 3.14. The molecule has 0 aliphatic rings. The second-order valence-corrected chi connectivity index (χ2v) is 2.48. The summed E-state index contributed by atoms with van der Waals surface area (Å²) in [7, 11) is 0. The van der Waals surface area contributed by atoms with Crippen LogP contribution < -0.4 is 0 Å². The SMILES string of the molecule is Cc1[c-]cc(C)c(C)c1.[La]. The van der Waals surface area contributed by atoms with Crippen molar-refractivity contribution in [2.24, 2.45) is 0 Å². The molecule has 0 amide bonds. The smallest absolute Gasteiger partial charge is 0 e. The van der Waals surface area contributed by atoms with E-state index < -0.39 is 0 Å². The summed E-state index contributed by atoms with van der Waals surface area (Å²) in [4.78, 5) is 0. The first kappa shape index (κ1) is 10.4. The zero-order valence-electron chi connectivity index (χ0n) is 6.73. The van der Waals surface area contributed by atoms with Crippen LogP contribution in [0.2, 0.25) is 0 Å². The molecule has 10 heavy (non-hydrogen) atoms. The van der Waals surface area contributed by atoms with Crippen LogP contribution in [0.25, 0.3) is 0 Å². The summed E-state index contributed by atoms with van der Waals surface area (Å²) < 4.78 is 0. The predicted octanol–water partition coefficient (Wildman–Crippen LogP) is 2.41. The molecule has 0 atom stereocenters. The Morgan fingerprint density at radius 2 is 1.70 bits per heavy atom. The van der Waals surface area contributed by atoms with Crippen LogP contribution >= 0.6 is 0 Å². The minimum Gasteiger partial charge on any atom is -0.180 e. The van der Waals surface area contributed by atoms with Crippen molar-refractivity contribution in [3.05, 3.63) is 34.9 Å². The van der Waals surface area contributed by atoms with Gasteiger partial charge in [-0.05, 0) is 0 Å². The van der Waals surface area contributed by atoms with Crippen LogP contribution in [0, 0.1) is 62.4 Å². The van der Waals surface area contributed by atoms with Crippen molar-refractivity contribution in [3.63, 3.8) is 0 Å². The molecule has 0 fully saturated rings. The summed E-state index contributed by atoms with van der Waals surface area (Å²) in [6.07, 6.45) is 0. The predicted molar refractivity (Wildman–Crippen MR) is 39.5 cm³/mol. The molecule has 51 valence electrons. The molecule has 0 aliphatic heterocycles.